The summed E-state index contributed by atoms with van der Waals surface area (Å²) in [5.74, 6) is 0. The molecule has 0 aliphatic rings. The van der Waals surface area contributed by atoms with E-state index in [1.807, 2.05) is 19.1 Å². The second kappa shape index (κ2) is 5.15. The summed E-state index contributed by atoms with van der Waals surface area (Å²) in [5.41, 5.74) is 4.67. The molecule has 0 saturated carbocycles. The lowest BCUT2D eigenvalue weighted by Gasteiger charge is -2.09. The highest BCUT2D eigenvalue weighted by molar-refractivity contribution is 5.63. The third-order valence-electron chi connectivity index (χ3n) is 3.07. The van der Waals surface area contributed by atoms with Gasteiger partial charge in [-0.15, -0.1) is 0 Å². The third-order valence-corrected chi connectivity index (χ3v) is 3.07. The molecular formula is C16H18O. The summed E-state index contributed by atoms with van der Waals surface area (Å²) < 4.78 is 0. The van der Waals surface area contributed by atoms with Gasteiger partial charge in [0.25, 0.3) is 0 Å². The van der Waals surface area contributed by atoms with Crippen LogP contribution in [0.3, 0.4) is 0 Å². The molecule has 0 saturated heterocycles. The first-order valence-corrected chi connectivity index (χ1v) is 6.05. The normalized spacial score (nSPS) is 12.4. The van der Waals surface area contributed by atoms with E-state index in [1.54, 1.807) is 0 Å². The van der Waals surface area contributed by atoms with E-state index in [0.717, 1.165) is 12.0 Å². The van der Waals surface area contributed by atoms with Crippen molar-refractivity contribution in [1.29, 1.82) is 0 Å². The van der Waals surface area contributed by atoms with E-state index in [1.165, 1.54) is 16.7 Å². The molecule has 88 valence electrons. The number of hydrogen-bond acceptors (Lipinski definition) is 1. The van der Waals surface area contributed by atoms with E-state index in [0.29, 0.717) is 0 Å². The van der Waals surface area contributed by atoms with E-state index >= 15 is 0 Å². The maximum atomic E-state index is 9.73. The largest absolute Gasteiger partial charge is 0.388 e. The summed E-state index contributed by atoms with van der Waals surface area (Å²) in [6, 6.07) is 16.6. The van der Waals surface area contributed by atoms with Crippen LogP contribution in [-0.2, 0) is 0 Å². The predicted octanol–water partition coefficient (Wildman–Crippen LogP) is 4.11. The minimum Gasteiger partial charge on any atom is -0.388 e. The van der Waals surface area contributed by atoms with Gasteiger partial charge in [0, 0.05) is 0 Å². The zero-order chi connectivity index (χ0) is 12.3. The Morgan fingerprint density at radius 1 is 0.882 bits per heavy atom. The monoisotopic (exact) mass is 226 g/mol. The molecule has 0 unspecified atom stereocenters. The van der Waals surface area contributed by atoms with Gasteiger partial charge >= 0.3 is 0 Å². The Labute approximate surface area is 103 Å². The average Bonchev–Trinajstić information content (AvgIpc) is 2.39. The number of hydrogen-bond donors (Lipinski definition) is 1. The van der Waals surface area contributed by atoms with Crippen molar-refractivity contribution in [3.8, 4) is 11.1 Å². The first kappa shape index (κ1) is 11.9. The fraction of sp³-hybridized carbons (Fsp3) is 0.250. The van der Waals surface area contributed by atoms with Gasteiger partial charge in [0.15, 0.2) is 0 Å². The number of rotatable bonds is 3. The maximum Gasteiger partial charge on any atom is 0.0787 e. The van der Waals surface area contributed by atoms with Crippen LogP contribution < -0.4 is 0 Å². The van der Waals surface area contributed by atoms with Crippen LogP contribution in [0.25, 0.3) is 11.1 Å². The van der Waals surface area contributed by atoms with Crippen molar-refractivity contribution in [1.82, 2.24) is 0 Å². The summed E-state index contributed by atoms with van der Waals surface area (Å²) >= 11 is 0. The fourth-order valence-electron chi connectivity index (χ4n) is 1.88. The second-order valence-corrected chi connectivity index (χ2v) is 4.41. The van der Waals surface area contributed by atoms with E-state index in [9.17, 15) is 5.11 Å². The topological polar surface area (TPSA) is 20.2 Å². The van der Waals surface area contributed by atoms with E-state index in [4.69, 9.17) is 0 Å². The molecule has 0 aromatic heterocycles. The van der Waals surface area contributed by atoms with Gasteiger partial charge in [0.05, 0.1) is 6.10 Å². The molecule has 17 heavy (non-hydrogen) atoms. The van der Waals surface area contributed by atoms with Crippen LogP contribution in [0.5, 0.6) is 0 Å². The van der Waals surface area contributed by atoms with Crippen LogP contribution in [-0.4, -0.2) is 5.11 Å². The Morgan fingerprint density at radius 2 is 1.35 bits per heavy atom. The minimum atomic E-state index is -0.345. The zero-order valence-electron chi connectivity index (χ0n) is 10.4. The van der Waals surface area contributed by atoms with Crippen molar-refractivity contribution in [3.63, 3.8) is 0 Å². The molecule has 0 aliphatic heterocycles. The van der Waals surface area contributed by atoms with Crippen LogP contribution >= 0.6 is 0 Å². The first-order valence-electron chi connectivity index (χ1n) is 6.05. The standard InChI is InChI=1S/C16H18O/c1-3-16(17)15-10-8-14(9-11-15)13-6-4-12(2)5-7-13/h4-11,16-17H,3H2,1-2H3/t16-/m0/s1. The highest BCUT2D eigenvalue weighted by atomic mass is 16.3. The highest BCUT2D eigenvalue weighted by Crippen LogP contribution is 2.23. The number of aliphatic hydroxyl groups excluding tert-OH is 1. The van der Waals surface area contributed by atoms with Gasteiger partial charge in [-0.1, -0.05) is 61.0 Å². The molecule has 1 atom stereocenters. The van der Waals surface area contributed by atoms with E-state index in [2.05, 4.69) is 43.3 Å². The summed E-state index contributed by atoms with van der Waals surface area (Å²) in [7, 11) is 0. The molecule has 2 aromatic carbocycles. The Kier molecular flexibility index (Phi) is 3.60. The maximum absolute atomic E-state index is 9.73. The van der Waals surface area contributed by atoms with Gasteiger partial charge in [-0.3, -0.25) is 0 Å². The summed E-state index contributed by atoms with van der Waals surface area (Å²) in [6.07, 6.45) is 0.409. The predicted molar refractivity (Wildman–Crippen MR) is 71.9 cm³/mol. The summed E-state index contributed by atoms with van der Waals surface area (Å²) in [6.45, 7) is 4.07. The highest BCUT2D eigenvalue weighted by Gasteiger charge is 2.04. The molecule has 2 aromatic rings. The Morgan fingerprint density at radius 3 is 1.82 bits per heavy atom. The quantitative estimate of drug-likeness (QED) is 0.835. The van der Waals surface area contributed by atoms with Crippen molar-refractivity contribution in [2.45, 2.75) is 26.4 Å². The molecule has 1 heteroatoms. The number of aryl methyl sites for hydroxylation is 1. The molecule has 2 rings (SSSR count). The fourth-order valence-corrected chi connectivity index (χ4v) is 1.88. The third kappa shape index (κ3) is 2.75. The van der Waals surface area contributed by atoms with Gasteiger partial charge in [0.2, 0.25) is 0 Å². The van der Waals surface area contributed by atoms with Crippen molar-refractivity contribution in [2.24, 2.45) is 0 Å². The molecule has 0 spiro atoms. The SMILES string of the molecule is CC[C@H](O)c1ccc(-c2ccc(C)cc2)cc1. The van der Waals surface area contributed by atoms with Gasteiger partial charge in [0.1, 0.15) is 0 Å². The molecule has 0 bridgehead atoms. The molecule has 1 N–H and O–H groups in total. The first-order chi connectivity index (χ1) is 8.20. The van der Waals surface area contributed by atoms with Gasteiger partial charge < -0.3 is 5.11 Å². The van der Waals surface area contributed by atoms with Crippen LogP contribution in [0.1, 0.15) is 30.6 Å². The summed E-state index contributed by atoms with van der Waals surface area (Å²) in [4.78, 5) is 0. The Bertz CT molecular complexity index is 468. The molecule has 0 aliphatic carbocycles. The number of aliphatic hydroxyl groups is 1. The lowest BCUT2D eigenvalue weighted by molar-refractivity contribution is 0.173. The lowest BCUT2D eigenvalue weighted by Crippen LogP contribution is -1.94. The van der Waals surface area contributed by atoms with Gasteiger partial charge in [-0.25, -0.2) is 0 Å². The van der Waals surface area contributed by atoms with Gasteiger partial charge in [-0.05, 0) is 30.0 Å². The van der Waals surface area contributed by atoms with E-state index < -0.39 is 0 Å². The average molecular weight is 226 g/mol. The van der Waals surface area contributed by atoms with Gasteiger partial charge in [-0.2, -0.15) is 0 Å². The van der Waals surface area contributed by atoms with Crippen molar-refractivity contribution in [3.05, 3.63) is 59.7 Å². The zero-order valence-corrected chi connectivity index (χ0v) is 10.4. The van der Waals surface area contributed by atoms with Crippen LogP contribution in [0.2, 0.25) is 0 Å². The van der Waals surface area contributed by atoms with E-state index in [-0.39, 0.29) is 6.10 Å². The molecule has 0 fully saturated rings. The lowest BCUT2D eigenvalue weighted by atomic mass is 10.0. The molecule has 0 heterocycles. The summed E-state index contributed by atoms with van der Waals surface area (Å²) in [5, 5.41) is 9.73. The number of benzene rings is 2. The second-order valence-electron chi connectivity index (χ2n) is 4.41. The molecular weight excluding hydrogens is 208 g/mol. The Hall–Kier alpha value is -1.60. The van der Waals surface area contributed by atoms with Crippen LogP contribution in [0.15, 0.2) is 48.5 Å². The van der Waals surface area contributed by atoms with Crippen LogP contribution in [0.4, 0.5) is 0 Å². The molecule has 0 radical (unpaired) electrons. The van der Waals surface area contributed by atoms with Crippen molar-refractivity contribution < 1.29 is 5.11 Å². The smallest absolute Gasteiger partial charge is 0.0787 e. The Balaban J connectivity index is 2.26. The van der Waals surface area contributed by atoms with Crippen LogP contribution in [0, 0.1) is 6.92 Å². The minimum absolute atomic E-state index is 0.345. The van der Waals surface area contributed by atoms with Crippen molar-refractivity contribution in [2.75, 3.05) is 0 Å². The molecule has 0 amide bonds. The molecule has 1 nitrogen and oxygen atoms in total. The van der Waals surface area contributed by atoms with Crippen molar-refractivity contribution >= 4 is 0 Å².